The molecule has 0 heterocycles. The highest BCUT2D eigenvalue weighted by atomic mass is 32.2. The predicted octanol–water partition coefficient (Wildman–Crippen LogP) is 4.43. The van der Waals surface area contributed by atoms with Gasteiger partial charge in [-0.05, 0) is 39.3 Å². The van der Waals surface area contributed by atoms with Gasteiger partial charge in [-0.2, -0.15) is 0 Å². The molecule has 4 nitrogen and oxygen atoms in total. The summed E-state index contributed by atoms with van der Waals surface area (Å²) in [6.07, 6.45) is 6.62. The van der Waals surface area contributed by atoms with E-state index in [1.54, 1.807) is 0 Å². The standard InChI is InChI=1S/C19H29NO3S/c1-5-6-7-9-12-16(20-18(21)23-19(2,3)4)15-24(22)17-13-10-8-11-14-17/h8-14,16H,5-7,15H2,1-4H3,(H,20,21)/b12-9-/t16-,24+/m1/s1. The van der Waals surface area contributed by atoms with Crippen LogP contribution in [0.4, 0.5) is 4.79 Å². The fraction of sp³-hybridized carbons (Fsp3) is 0.526. The topological polar surface area (TPSA) is 55.4 Å². The van der Waals surface area contributed by atoms with Crippen molar-refractivity contribution in [2.75, 3.05) is 5.75 Å². The van der Waals surface area contributed by atoms with Gasteiger partial charge in [0.1, 0.15) is 5.60 Å². The van der Waals surface area contributed by atoms with Gasteiger partial charge in [0, 0.05) is 4.90 Å². The van der Waals surface area contributed by atoms with Crippen LogP contribution in [0.25, 0.3) is 0 Å². The molecule has 0 bridgehead atoms. The van der Waals surface area contributed by atoms with E-state index in [1.807, 2.05) is 63.3 Å². The van der Waals surface area contributed by atoms with Crippen LogP contribution in [0.5, 0.6) is 0 Å². The average molecular weight is 352 g/mol. The Morgan fingerprint density at radius 2 is 1.96 bits per heavy atom. The van der Waals surface area contributed by atoms with Crippen LogP contribution in [0.2, 0.25) is 0 Å². The first-order valence-electron chi connectivity index (χ1n) is 8.41. The number of nitrogens with one attached hydrogen (secondary N) is 1. The number of allylic oxidation sites excluding steroid dienone is 1. The molecule has 0 saturated heterocycles. The molecule has 0 aliphatic heterocycles. The lowest BCUT2D eigenvalue weighted by Crippen LogP contribution is -2.40. The number of carbonyl (C=O) groups is 1. The van der Waals surface area contributed by atoms with Crippen molar-refractivity contribution in [3.63, 3.8) is 0 Å². The van der Waals surface area contributed by atoms with E-state index in [2.05, 4.69) is 12.2 Å². The summed E-state index contributed by atoms with van der Waals surface area (Å²) in [4.78, 5) is 12.8. The quantitative estimate of drug-likeness (QED) is 0.557. The van der Waals surface area contributed by atoms with Crippen LogP contribution in [0.15, 0.2) is 47.4 Å². The number of carbonyl (C=O) groups excluding carboxylic acids is 1. The summed E-state index contributed by atoms with van der Waals surface area (Å²) in [6, 6.07) is 8.96. The van der Waals surface area contributed by atoms with E-state index in [1.165, 1.54) is 0 Å². The van der Waals surface area contributed by atoms with E-state index >= 15 is 0 Å². The van der Waals surface area contributed by atoms with Crippen LogP contribution in [-0.2, 0) is 15.5 Å². The van der Waals surface area contributed by atoms with Crippen molar-refractivity contribution in [3.8, 4) is 0 Å². The minimum atomic E-state index is -1.18. The first-order chi connectivity index (χ1) is 11.3. The molecular weight excluding hydrogens is 322 g/mol. The Morgan fingerprint density at radius 1 is 1.29 bits per heavy atom. The normalized spacial score (nSPS) is 14.3. The molecule has 0 aliphatic rings. The van der Waals surface area contributed by atoms with Crippen molar-refractivity contribution in [1.29, 1.82) is 0 Å². The monoisotopic (exact) mass is 351 g/mol. The third-order valence-electron chi connectivity index (χ3n) is 3.13. The molecule has 0 saturated carbocycles. The molecule has 1 aromatic rings. The molecule has 134 valence electrons. The zero-order valence-corrected chi connectivity index (χ0v) is 15.9. The van der Waals surface area contributed by atoms with E-state index in [9.17, 15) is 9.00 Å². The Morgan fingerprint density at radius 3 is 2.54 bits per heavy atom. The number of hydrogen-bond acceptors (Lipinski definition) is 3. The van der Waals surface area contributed by atoms with Gasteiger partial charge in [-0.1, -0.05) is 50.1 Å². The zero-order valence-electron chi connectivity index (χ0n) is 15.1. The van der Waals surface area contributed by atoms with Gasteiger partial charge in [0.05, 0.1) is 22.6 Å². The van der Waals surface area contributed by atoms with E-state index in [0.717, 1.165) is 24.2 Å². The van der Waals surface area contributed by atoms with Gasteiger partial charge in [0.2, 0.25) is 0 Å². The Hall–Kier alpha value is -1.62. The van der Waals surface area contributed by atoms with Gasteiger partial charge >= 0.3 is 6.09 Å². The molecule has 0 fully saturated rings. The second-order valence-electron chi connectivity index (χ2n) is 6.65. The highest BCUT2D eigenvalue weighted by molar-refractivity contribution is 7.85. The molecule has 0 unspecified atom stereocenters. The van der Waals surface area contributed by atoms with Crippen molar-refractivity contribution in [1.82, 2.24) is 5.32 Å². The Bertz CT molecular complexity index is 549. The van der Waals surface area contributed by atoms with Crippen LogP contribution in [-0.4, -0.2) is 27.7 Å². The maximum Gasteiger partial charge on any atom is 0.408 e. The molecule has 0 spiro atoms. The molecule has 0 radical (unpaired) electrons. The van der Waals surface area contributed by atoms with E-state index in [4.69, 9.17) is 4.74 Å². The summed E-state index contributed by atoms with van der Waals surface area (Å²) in [5.74, 6) is 0.325. The Balaban J connectivity index is 2.71. The summed E-state index contributed by atoms with van der Waals surface area (Å²) < 4.78 is 17.8. The highest BCUT2D eigenvalue weighted by Gasteiger charge is 2.20. The summed E-state index contributed by atoms with van der Waals surface area (Å²) in [5, 5.41) is 2.81. The van der Waals surface area contributed by atoms with Crippen LogP contribution in [0, 0.1) is 0 Å². The number of benzene rings is 1. The summed E-state index contributed by atoms with van der Waals surface area (Å²) in [7, 11) is -1.18. The molecular formula is C19H29NO3S. The number of hydrogen-bond donors (Lipinski definition) is 1. The first-order valence-corrected chi connectivity index (χ1v) is 9.73. The molecule has 1 aromatic carbocycles. The fourth-order valence-corrected chi connectivity index (χ4v) is 3.19. The SMILES string of the molecule is CCCC/C=C\[C@H](C[S@](=O)c1ccccc1)NC(=O)OC(C)(C)C. The van der Waals surface area contributed by atoms with Crippen molar-refractivity contribution in [3.05, 3.63) is 42.5 Å². The summed E-state index contributed by atoms with van der Waals surface area (Å²) >= 11 is 0. The van der Waals surface area contributed by atoms with Gasteiger partial charge in [0.15, 0.2) is 0 Å². The third kappa shape index (κ3) is 8.87. The minimum absolute atomic E-state index is 0.322. The van der Waals surface area contributed by atoms with Gasteiger partial charge in [0.25, 0.3) is 0 Å². The van der Waals surface area contributed by atoms with Gasteiger partial charge in [-0.15, -0.1) is 0 Å². The fourth-order valence-electron chi connectivity index (χ4n) is 2.02. The lowest BCUT2D eigenvalue weighted by Gasteiger charge is -2.22. The molecule has 1 amide bonds. The van der Waals surface area contributed by atoms with Gasteiger partial charge < -0.3 is 10.1 Å². The van der Waals surface area contributed by atoms with Crippen molar-refractivity contribution in [2.45, 2.75) is 63.5 Å². The minimum Gasteiger partial charge on any atom is -0.444 e. The smallest absolute Gasteiger partial charge is 0.408 e. The van der Waals surface area contributed by atoms with Crippen LogP contribution < -0.4 is 5.32 Å². The number of rotatable bonds is 8. The second-order valence-corrected chi connectivity index (χ2v) is 8.14. The molecule has 1 rings (SSSR count). The Labute approximate surface area is 148 Å². The zero-order chi connectivity index (χ0) is 18.0. The number of ether oxygens (including phenoxy) is 1. The molecule has 24 heavy (non-hydrogen) atoms. The molecule has 0 aliphatic carbocycles. The number of amides is 1. The average Bonchev–Trinajstić information content (AvgIpc) is 2.50. The molecule has 1 N–H and O–H groups in total. The molecule has 5 heteroatoms. The van der Waals surface area contributed by atoms with Crippen molar-refractivity contribution >= 4 is 16.9 Å². The predicted molar refractivity (Wildman–Crippen MR) is 99.5 cm³/mol. The Kier molecular flexibility index (Phi) is 8.76. The van der Waals surface area contributed by atoms with E-state index in [0.29, 0.717) is 5.75 Å². The third-order valence-corrected chi connectivity index (χ3v) is 4.59. The highest BCUT2D eigenvalue weighted by Crippen LogP contribution is 2.10. The largest absolute Gasteiger partial charge is 0.444 e. The van der Waals surface area contributed by atoms with Crippen LogP contribution in [0.1, 0.15) is 47.0 Å². The maximum absolute atomic E-state index is 12.5. The number of alkyl carbamates (subject to hydrolysis) is 1. The second kappa shape index (κ2) is 10.3. The van der Waals surface area contributed by atoms with Gasteiger partial charge in [-0.25, -0.2) is 4.79 Å². The summed E-state index contributed by atoms with van der Waals surface area (Å²) in [6.45, 7) is 7.59. The van der Waals surface area contributed by atoms with E-state index in [-0.39, 0.29) is 6.04 Å². The van der Waals surface area contributed by atoms with Gasteiger partial charge in [-0.3, -0.25) is 4.21 Å². The number of unbranched alkanes of at least 4 members (excludes halogenated alkanes) is 2. The maximum atomic E-state index is 12.5. The lowest BCUT2D eigenvalue weighted by atomic mass is 10.2. The van der Waals surface area contributed by atoms with Crippen LogP contribution >= 0.6 is 0 Å². The molecule has 0 aromatic heterocycles. The summed E-state index contributed by atoms with van der Waals surface area (Å²) in [5.41, 5.74) is -0.556. The molecule has 2 atom stereocenters. The lowest BCUT2D eigenvalue weighted by molar-refractivity contribution is 0.0518. The van der Waals surface area contributed by atoms with Crippen LogP contribution in [0.3, 0.4) is 0 Å². The van der Waals surface area contributed by atoms with E-state index < -0.39 is 22.5 Å². The van der Waals surface area contributed by atoms with Crippen molar-refractivity contribution < 1.29 is 13.7 Å². The first kappa shape index (κ1) is 20.4. The van der Waals surface area contributed by atoms with Crippen molar-refractivity contribution in [2.24, 2.45) is 0 Å².